The molecule has 1 aliphatic carbocycles. The van der Waals surface area contributed by atoms with Crippen LogP contribution in [0.3, 0.4) is 0 Å². The van der Waals surface area contributed by atoms with Crippen molar-refractivity contribution < 1.29 is 14.4 Å². The van der Waals surface area contributed by atoms with Gasteiger partial charge in [-0.05, 0) is 25.2 Å². The van der Waals surface area contributed by atoms with Gasteiger partial charge in [0.25, 0.3) is 0 Å². The summed E-state index contributed by atoms with van der Waals surface area (Å²) >= 11 is 0. The molecule has 0 spiro atoms. The van der Waals surface area contributed by atoms with Gasteiger partial charge < -0.3 is 14.9 Å². The average molecular weight is 294 g/mol. The van der Waals surface area contributed by atoms with Crippen molar-refractivity contribution in [1.29, 1.82) is 0 Å². The standard InChI is InChI=1S/C16H26N2O3/c1-3-13-12(15(4-2)21-18-13)9-16(20)17-10-14(19)11-7-5-6-8-11/h11,14,19H,3-10H2,1-2H3,(H,17,20). The average Bonchev–Trinajstić information content (AvgIpc) is 3.14. The second-order valence-corrected chi connectivity index (χ2v) is 5.83. The zero-order chi connectivity index (χ0) is 15.2. The molecule has 1 aliphatic rings. The van der Waals surface area contributed by atoms with Crippen LogP contribution in [0.1, 0.15) is 56.5 Å². The predicted molar refractivity (Wildman–Crippen MR) is 79.9 cm³/mol. The Morgan fingerprint density at radius 3 is 2.71 bits per heavy atom. The van der Waals surface area contributed by atoms with E-state index >= 15 is 0 Å². The molecule has 2 N–H and O–H groups in total. The van der Waals surface area contributed by atoms with Crippen LogP contribution >= 0.6 is 0 Å². The fourth-order valence-corrected chi connectivity index (χ4v) is 3.09. The maximum atomic E-state index is 12.1. The Bertz CT molecular complexity index is 443. The predicted octanol–water partition coefficient (Wildman–Crippen LogP) is 2.01. The van der Waals surface area contributed by atoms with Crippen molar-refractivity contribution in [3.05, 3.63) is 17.0 Å². The lowest BCUT2D eigenvalue weighted by Gasteiger charge is -2.18. The molecule has 0 bridgehead atoms. The highest BCUT2D eigenvalue weighted by atomic mass is 16.5. The fourth-order valence-electron chi connectivity index (χ4n) is 3.09. The Labute approximate surface area is 126 Å². The Morgan fingerprint density at radius 1 is 1.38 bits per heavy atom. The van der Waals surface area contributed by atoms with Crippen molar-refractivity contribution in [3.8, 4) is 0 Å². The first kappa shape index (κ1) is 16.0. The summed E-state index contributed by atoms with van der Waals surface area (Å²) in [7, 11) is 0. The van der Waals surface area contributed by atoms with E-state index in [1.54, 1.807) is 0 Å². The summed E-state index contributed by atoms with van der Waals surface area (Å²) in [6.07, 6.45) is 5.89. The molecule has 5 heteroatoms. The third kappa shape index (κ3) is 4.06. The maximum absolute atomic E-state index is 12.1. The third-order valence-electron chi connectivity index (χ3n) is 4.40. The molecule has 1 unspecified atom stereocenters. The van der Waals surface area contributed by atoms with Crippen LogP contribution in [0.2, 0.25) is 0 Å². The van der Waals surface area contributed by atoms with E-state index in [2.05, 4.69) is 10.5 Å². The van der Waals surface area contributed by atoms with E-state index in [-0.39, 0.29) is 12.3 Å². The summed E-state index contributed by atoms with van der Waals surface area (Å²) < 4.78 is 5.26. The highest BCUT2D eigenvalue weighted by Gasteiger charge is 2.24. The Balaban J connectivity index is 1.85. The summed E-state index contributed by atoms with van der Waals surface area (Å²) in [5.74, 6) is 1.07. The molecule has 0 saturated heterocycles. The number of aliphatic hydroxyl groups is 1. The van der Waals surface area contributed by atoms with Gasteiger partial charge in [0.2, 0.25) is 5.91 Å². The molecule has 1 amide bonds. The summed E-state index contributed by atoms with van der Waals surface area (Å²) in [5, 5.41) is 16.9. The number of aliphatic hydroxyl groups excluding tert-OH is 1. The molecule has 2 rings (SSSR count). The quantitative estimate of drug-likeness (QED) is 0.806. The number of amides is 1. The first-order valence-corrected chi connectivity index (χ1v) is 8.06. The zero-order valence-corrected chi connectivity index (χ0v) is 13.0. The normalized spacial score (nSPS) is 17.1. The van der Waals surface area contributed by atoms with Crippen molar-refractivity contribution >= 4 is 5.91 Å². The van der Waals surface area contributed by atoms with Gasteiger partial charge in [-0.3, -0.25) is 4.79 Å². The fraction of sp³-hybridized carbons (Fsp3) is 0.750. The van der Waals surface area contributed by atoms with Gasteiger partial charge in [-0.1, -0.05) is 31.8 Å². The molecule has 21 heavy (non-hydrogen) atoms. The van der Waals surface area contributed by atoms with E-state index < -0.39 is 6.10 Å². The summed E-state index contributed by atoms with van der Waals surface area (Å²) in [5.41, 5.74) is 1.77. The lowest BCUT2D eigenvalue weighted by Crippen LogP contribution is -2.36. The molecule has 1 aromatic rings. The van der Waals surface area contributed by atoms with Crippen LogP contribution in [0, 0.1) is 5.92 Å². The van der Waals surface area contributed by atoms with Crippen LogP contribution in [0.4, 0.5) is 0 Å². The minimum atomic E-state index is -0.421. The van der Waals surface area contributed by atoms with Crippen LogP contribution in [-0.4, -0.2) is 28.8 Å². The molecule has 0 aromatic carbocycles. The number of aromatic nitrogens is 1. The Kier molecular flexibility index (Phi) is 5.79. The maximum Gasteiger partial charge on any atom is 0.224 e. The van der Waals surface area contributed by atoms with Crippen molar-refractivity contribution in [1.82, 2.24) is 10.5 Å². The molecular formula is C16H26N2O3. The number of carbonyl (C=O) groups is 1. The number of hydrogen-bond donors (Lipinski definition) is 2. The van der Waals surface area contributed by atoms with Crippen molar-refractivity contribution in [2.24, 2.45) is 5.92 Å². The highest BCUT2D eigenvalue weighted by Crippen LogP contribution is 2.27. The zero-order valence-electron chi connectivity index (χ0n) is 13.0. The van der Waals surface area contributed by atoms with Crippen molar-refractivity contribution in [2.45, 2.75) is 64.9 Å². The monoisotopic (exact) mass is 294 g/mol. The van der Waals surface area contributed by atoms with Gasteiger partial charge in [-0.15, -0.1) is 0 Å². The summed E-state index contributed by atoms with van der Waals surface area (Å²) in [6.45, 7) is 4.34. The van der Waals surface area contributed by atoms with Crippen LogP contribution in [0.5, 0.6) is 0 Å². The van der Waals surface area contributed by atoms with E-state index in [1.807, 2.05) is 13.8 Å². The lowest BCUT2D eigenvalue weighted by atomic mass is 10.0. The van der Waals surface area contributed by atoms with Gasteiger partial charge >= 0.3 is 0 Å². The second-order valence-electron chi connectivity index (χ2n) is 5.83. The molecule has 0 radical (unpaired) electrons. The van der Waals surface area contributed by atoms with Gasteiger partial charge in [0.15, 0.2) is 0 Å². The number of aryl methyl sites for hydroxylation is 2. The largest absolute Gasteiger partial charge is 0.391 e. The number of carbonyl (C=O) groups excluding carboxylic acids is 1. The molecule has 1 aromatic heterocycles. The van der Waals surface area contributed by atoms with E-state index in [0.717, 1.165) is 42.7 Å². The topological polar surface area (TPSA) is 75.4 Å². The molecule has 5 nitrogen and oxygen atoms in total. The van der Waals surface area contributed by atoms with Gasteiger partial charge in [0.05, 0.1) is 18.2 Å². The smallest absolute Gasteiger partial charge is 0.224 e. The van der Waals surface area contributed by atoms with Crippen LogP contribution in [0.15, 0.2) is 4.52 Å². The van der Waals surface area contributed by atoms with Gasteiger partial charge in [-0.25, -0.2) is 0 Å². The minimum Gasteiger partial charge on any atom is -0.391 e. The molecule has 0 aliphatic heterocycles. The van der Waals surface area contributed by atoms with Crippen molar-refractivity contribution in [3.63, 3.8) is 0 Å². The van der Waals surface area contributed by atoms with Gasteiger partial charge in [-0.2, -0.15) is 0 Å². The molecular weight excluding hydrogens is 268 g/mol. The van der Waals surface area contributed by atoms with Gasteiger partial charge in [0.1, 0.15) is 5.76 Å². The summed E-state index contributed by atoms with van der Waals surface area (Å²) in [4.78, 5) is 12.1. The molecule has 118 valence electrons. The molecule has 1 fully saturated rings. The number of hydrogen-bond acceptors (Lipinski definition) is 4. The van der Waals surface area contributed by atoms with Crippen molar-refractivity contribution in [2.75, 3.05) is 6.54 Å². The van der Waals surface area contributed by atoms with E-state index in [4.69, 9.17) is 4.52 Å². The van der Waals surface area contributed by atoms with E-state index in [0.29, 0.717) is 12.5 Å². The van der Waals surface area contributed by atoms with E-state index in [9.17, 15) is 9.90 Å². The van der Waals surface area contributed by atoms with Crippen LogP contribution < -0.4 is 5.32 Å². The Hall–Kier alpha value is -1.36. The molecule has 1 atom stereocenters. The minimum absolute atomic E-state index is 0.0698. The SMILES string of the molecule is CCc1noc(CC)c1CC(=O)NCC(O)C1CCCC1. The summed E-state index contributed by atoms with van der Waals surface area (Å²) in [6, 6.07) is 0. The first-order chi connectivity index (χ1) is 10.2. The second kappa shape index (κ2) is 7.59. The number of rotatable bonds is 7. The first-order valence-electron chi connectivity index (χ1n) is 8.06. The number of nitrogens with one attached hydrogen (secondary N) is 1. The van der Waals surface area contributed by atoms with Crippen LogP contribution in [0.25, 0.3) is 0 Å². The Morgan fingerprint density at radius 2 is 2.10 bits per heavy atom. The molecule has 1 saturated carbocycles. The lowest BCUT2D eigenvalue weighted by molar-refractivity contribution is -0.121. The van der Waals surface area contributed by atoms with Gasteiger partial charge in [0, 0.05) is 18.5 Å². The third-order valence-corrected chi connectivity index (χ3v) is 4.40. The number of nitrogens with zero attached hydrogens (tertiary/aromatic N) is 1. The van der Waals surface area contributed by atoms with Crippen LogP contribution in [-0.2, 0) is 24.1 Å². The highest BCUT2D eigenvalue weighted by molar-refractivity contribution is 5.79. The molecule has 1 heterocycles. The van der Waals surface area contributed by atoms with E-state index in [1.165, 1.54) is 12.8 Å².